The molecule has 3 N–H and O–H groups in total. The molecule has 0 amide bonds. The van der Waals surface area contributed by atoms with Crippen LogP contribution >= 0.6 is 11.8 Å². The van der Waals surface area contributed by atoms with E-state index in [-0.39, 0.29) is 5.75 Å². The van der Waals surface area contributed by atoms with Gasteiger partial charge in [-0.05, 0) is 25.4 Å². The normalized spacial score (nSPS) is 14.4. The summed E-state index contributed by atoms with van der Waals surface area (Å²) in [5.74, 6) is 1.10. The second-order valence-electron chi connectivity index (χ2n) is 3.00. The lowest BCUT2D eigenvalue weighted by molar-refractivity contribution is 0.548. The Morgan fingerprint density at radius 3 is 2.62 bits per heavy atom. The summed E-state index contributed by atoms with van der Waals surface area (Å²) in [5.41, 5.74) is 0. The van der Waals surface area contributed by atoms with E-state index >= 15 is 0 Å². The zero-order valence-corrected chi connectivity index (χ0v) is 9.75. The van der Waals surface area contributed by atoms with Gasteiger partial charge in [0.15, 0.2) is 0 Å². The predicted molar refractivity (Wildman–Crippen MR) is 58.4 cm³/mol. The van der Waals surface area contributed by atoms with Crippen molar-refractivity contribution in [2.45, 2.75) is 19.4 Å². The summed E-state index contributed by atoms with van der Waals surface area (Å²) in [6.07, 6.45) is 3.10. The summed E-state index contributed by atoms with van der Waals surface area (Å²) in [5, 5.41) is 7.95. The molecule has 4 nitrogen and oxygen atoms in total. The van der Waals surface area contributed by atoms with E-state index in [1.807, 2.05) is 6.92 Å². The molecule has 0 aromatic heterocycles. The molecule has 0 fully saturated rings. The lowest BCUT2D eigenvalue weighted by atomic mass is 10.3. The fourth-order valence-electron chi connectivity index (χ4n) is 0.844. The molecule has 0 aliphatic carbocycles. The van der Waals surface area contributed by atoms with Gasteiger partial charge in [0.25, 0.3) is 0 Å². The molecule has 0 aromatic carbocycles. The Kier molecular flexibility index (Phi) is 6.75. The standard InChI is InChI=1S/C7H18N2O2S2/c1-7(3-5-12-2)9-4-6-13(8,10)11/h7,9H,3-6H2,1-2H3,(H2,8,10,11). The largest absolute Gasteiger partial charge is 0.313 e. The SMILES string of the molecule is CSCCC(C)NCCS(N)(=O)=O. The molecule has 0 aromatic rings. The van der Waals surface area contributed by atoms with Crippen molar-refractivity contribution >= 4 is 21.8 Å². The summed E-state index contributed by atoms with van der Waals surface area (Å²) in [6, 6.07) is 0.356. The fourth-order valence-corrected chi connectivity index (χ4v) is 1.84. The molecule has 6 heteroatoms. The van der Waals surface area contributed by atoms with Gasteiger partial charge in [0.05, 0.1) is 5.75 Å². The molecule has 0 rings (SSSR count). The van der Waals surface area contributed by atoms with E-state index in [1.165, 1.54) is 0 Å². The zero-order valence-electron chi connectivity index (χ0n) is 8.12. The van der Waals surface area contributed by atoms with Crippen LogP contribution in [0.25, 0.3) is 0 Å². The van der Waals surface area contributed by atoms with Gasteiger partial charge in [-0.2, -0.15) is 11.8 Å². The summed E-state index contributed by atoms with van der Waals surface area (Å²) < 4.78 is 21.1. The highest BCUT2D eigenvalue weighted by molar-refractivity contribution is 7.98. The third kappa shape index (κ3) is 10.1. The van der Waals surface area contributed by atoms with Gasteiger partial charge >= 0.3 is 0 Å². The maximum Gasteiger partial charge on any atom is 0.210 e. The molecular formula is C7H18N2O2S2. The van der Waals surface area contributed by atoms with Crippen molar-refractivity contribution in [1.82, 2.24) is 5.32 Å². The number of hydrogen-bond donors (Lipinski definition) is 2. The van der Waals surface area contributed by atoms with Crippen LogP contribution in [0.5, 0.6) is 0 Å². The lowest BCUT2D eigenvalue weighted by Crippen LogP contribution is -2.33. The number of sulfonamides is 1. The molecular weight excluding hydrogens is 208 g/mol. The Balaban J connectivity index is 3.42. The van der Waals surface area contributed by atoms with Crippen LogP contribution in [0.15, 0.2) is 0 Å². The van der Waals surface area contributed by atoms with Crippen LogP contribution in [0, 0.1) is 0 Å². The number of thioether (sulfide) groups is 1. The molecule has 80 valence electrons. The van der Waals surface area contributed by atoms with E-state index < -0.39 is 10.0 Å². The van der Waals surface area contributed by atoms with Gasteiger partial charge in [-0.25, -0.2) is 13.6 Å². The average Bonchev–Trinajstić information content (AvgIpc) is 1.98. The molecule has 0 bridgehead atoms. The maximum atomic E-state index is 10.6. The van der Waals surface area contributed by atoms with Crippen LogP contribution in [0.2, 0.25) is 0 Å². The molecule has 0 aliphatic rings. The number of nitrogens with two attached hydrogens (primary N) is 1. The first-order chi connectivity index (χ1) is 5.95. The van der Waals surface area contributed by atoms with Crippen molar-refractivity contribution in [3.8, 4) is 0 Å². The number of nitrogens with one attached hydrogen (secondary N) is 1. The molecule has 0 spiro atoms. The highest BCUT2D eigenvalue weighted by Gasteiger charge is 2.04. The van der Waals surface area contributed by atoms with Crippen molar-refractivity contribution < 1.29 is 8.42 Å². The zero-order chi connectivity index (χ0) is 10.3. The lowest BCUT2D eigenvalue weighted by Gasteiger charge is -2.11. The van der Waals surface area contributed by atoms with Gasteiger partial charge in [0.2, 0.25) is 10.0 Å². The fraction of sp³-hybridized carbons (Fsp3) is 1.00. The Bertz CT molecular complexity index is 217. The second kappa shape index (κ2) is 6.64. The third-order valence-electron chi connectivity index (χ3n) is 1.63. The summed E-state index contributed by atoms with van der Waals surface area (Å²) in [7, 11) is -3.31. The molecule has 0 saturated heterocycles. The molecule has 13 heavy (non-hydrogen) atoms. The predicted octanol–water partition coefficient (Wildman–Crippen LogP) is 0.00610. The average molecular weight is 226 g/mol. The topological polar surface area (TPSA) is 72.2 Å². The highest BCUT2D eigenvalue weighted by atomic mass is 32.2. The number of rotatable bonds is 7. The number of primary sulfonamides is 1. The minimum atomic E-state index is -3.31. The monoisotopic (exact) mass is 226 g/mol. The molecule has 1 unspecified atom stereocenters. The van der Waals surface area contributed by atoms with Crippen LogP contribution in [0.3, 0.4) is 0 Å². The van der Waals surface area contributed by atoms with E-state index in [0.717, 1.165) is 12.2 Å². The summed E-state index contributed by atoms with van der Waals surface area (Å²) in [6.45, 7) is 2.48. The van der Waals surface area contributed by atoms with Gasteiger partial charge in [0.1, 0.15) is 0 Å². The highest BCUT2D eigenvalue weighted by Crippen LogP contribution is 1.99. The molecule has 0 aliphatic heterocycles. The van der Waals surface area contributed by atoms with Crippen LogP contribution in [-0.4, -0.2) is 38.8 Å². The van der Waals surface area contributed by atoms with Crippen LogP contribution in [0.1, 0.15) is 13.3 Å². The first kappa shape index (κ1) is 13.2. The Morgan fingerprint density at radius 2 is 2.15 bits per heavy atom. The third-order valence-corrected chi connectivity index (χ3v) is 3.05. The Labute approximate surface area is 84.7 Å². The minimum Gasteiger partial charge on any atom is -0.313 e. The van der Waals surface area contributed by atoms with Gasteiger partial charge in [-0.15, -0.1) is 0 Å². The van der Waals surface area contributed by atoms with Gasteiger partial charge in [-0.3, -0.25) is 0 Å². The molecule has 0 heterocycles. The van der Waals surface area contributed by atoms with Crippen LogP contribution < -0.4 is 10.5 Å². The number of hydrogen-bond acceptors (Lipinski definition) is 4. The maximum absolute atomic E-state index is 10.6. The first-order valence-electron chi connectivity index (χ1n) is 4.18. The van der Waals surface area contributed by atoms with Gasteiger partial charge in [0, 0.05) is 12.6 Å². The van der Waals surface area contributed by atoms with Crippen molar-refractivity contribution in [1.29, 1.82) is 0 Å². The van der Waals surface area contributed by atoms with Crippen LogP contribution in [-0.2, 0) is 10.0 Å². The van der Waals surface area contributed by atoms with Crippen molar-refractivity contribution in [2.24, 2.45) is 5.14 Å². The van der Waals surface area contributed by atoms with E-state index in [1.54, 1.807) is 11.8 Å². The summed E-state index contributed by atoms with van der Waals surface area (Å²) >= 11 is 1.79. The molecule has 0 saturated carbocycles. The first-order valence-corrected chi connectivity index (χ1v) is 7.29. The second-order valence-corrected chi connectivity index (χ2v) is 5.72. The van der Waals surface area contributed by atoms with Gasteiger partial charge in [-0.1, -0.05) is 0 Å². The van der Waals surface area contributed by atoms with Gasteiger partial charge < -0.3 is 5.32 Å². The van der Waals surface area contributed by atoms with Crippen LogP contribution in [0.4, 0.5) is 0 Å². The van der Waals surface area contributed by atoms with E-state index in [9.17, 15) is 8.42 Å². The minimum absolute atomic E-state index is 0.0105. The van der Waals surface area contributed by atoms with Crippen molar-refractivity contribution in [3.05, 3.63) is 0 Å². The van der Waals surface area contributed by atoms with E-state index in [2.05, 4.69) is 11.6 Å². The smallest absolute Gasteiger partial charge is 0.210 e. The van der Waals surface area contributed by atoms with Crippen molar-refractivity contribution in [3.63, 3.8) is 0 Å². The Hall–Kier alpha value is 0.220. The summed E-state index contributed by atoms with van der Waals surface area (Å²) in [4.78, 5) is 0. The Morgan fingerprint density at radius 1 is 1.54 bits per heavy atom. The molecule has 1 atom stereocenters. The quantitative estimate of drug-likeness (QED) is 0.641. The van der Waals surface area contributed by atoms with E-state index in [4.69, 9.17) is 5.14 Å². The molecule has 0 radical (unpaired) electrons. The van der Waals surface area contributed by atoms with Crippen molar-refractivity contribution in [2.75, 3.05) is 24.3 Å². The van der Waals surface area contributed by atoms with E-state index in [0.29, 0.717) is 12.6 Å².